The van der Waals surface area contributed by atoms with Crippen molar-refractivity contribution >= 4 is 16.6 Å². The second-order valence-electron chi connectivity index (χ2n) is 7.79. The van der Waals surface area contributed by atoms with Gasteiger partial charge in [0.1, 0.15) is 5.82 Å². The van der Waals surface area contributed by atoms with Gasteiger partial charge in [0.2, 0.25) is 6.54 Å². The van der Waals surface area contributed by atoms with Crippen LogP contribution in [0, 0.1) is 25.2 Å². The summed E-state index contributed by atoms with van der Waals surface area (Å²) < 4.78 is 17.2. The number of halogens is 1. The van der Waals surface area contributed by atoms with Crippen LogP contribution in [0.15, 0.2) is 15.7 Å². The fraction of sp³-hybridized carbons (Fsp3) is 0.526. The smallest absolute Gasteiger partial charge is 0.350 e. The number of aromatic nitrogens is 2. The third-order valence-electron chi connectivity index (χ3n) is 5.93. The number of aryl methyl sites for hydroxylation is 1. The van der Waals surface area contributed by atoms with E-state index in [9.17, 15) is 9.59 Å². The summed E-state index contributed by atoms with van der Waals surface area (Å²) in [6.45, 7) is 10.1. The lowest BCUT2D eigenvalue weighted by atomic mass is 10.00. The van der Waals surface area contributed by atoms with Crippen LogP contribution < -0.4 is 27.7 Å². The van der Waals surface area contributed by atoms with E-state index in [1.54, 1.807) is 6.92 Å². The number of nitrogen functional groups attached to an aromatic ring is 1. The molecule has 148 valence electrons. The fourth-order valence-electron chi connectivity index (χ4n) is 4.31. The van der Waals surface area contributed by atoms with E-state index >= 15 is 4.39 Å². The Morgan fingerprint density at radius 2 is 2.07 bits per heavy atom. The normalized spacial score (nSPS) is 20.5. The van der Waals surface area contributed by atoms with Crippen LogP contribution in [0.3, 0.4) is 0 Å². The van der Waals surface area contributed by atoms with E-state index in [1.807, 2.05) is 4.90 Å². The maximum atomic E-state index is 15.1. The number of nitrogens with zero attached hydrogens (tertiary/aromatic N) is 4. The first-order valence-corrected chi connectivity index (χ1v) is 9.44. The number of rotatable bonds is 4. The number of anilines is 1. The number of nitrogens with two attached hydrogens (primary N) is 2. The minimum Gasteiger partial charge on any atom is -0.369 e. The molecule has 0 spiro atoms. The number of fused-ring (bicyclic) bond motifs is 1. The number of hydrogen-bond acceptors (Lipinski definition) is 5. The van der Waals surface area contributed by atoms with Crippen LogP contribution in [0.5, 0.6) is 0 Å². The first-order chi connectivity index (χ1) is 13.3. The molecule has 1 aromatic heterocycles. The van der Waals surface area contributed by atoms with Gasteiger partial charge in [-0.15, -0.1) is 0 Å². The van der Waals surface area contributed by atoms with E-state index in [-0.39, 0.29) is 29.9 Å². The summed E-state index contributed by atoms with van der Waals surface area (Å²) >= 11 is 0. The van der Waals surface area contributed by atoms with E-state index in [0.29, 0.717) is 34.5 Å². The first-order valence-electron chi connectivity index (χ1n) is 9.44. The zero-order valence-electron chi connectivity index (χ0n) is 15.7. The molecule has 4 rings (SSSR count). The van der Waals surface area contributed by atoms with Crippen molar-refractivity contribution < 1.29 is 4.39 Å². The molecule has 2 heterocycles. The van der Waals surface area contributed by atoms with Crippen LogP contribution >= 0.6 is 0 Å². The quantitative estimate of drug-likeness (QED) is 0.596. The van der Waals surface area contributed by atoms with Crippen molar-refractivity contribution in [2.24, 2.45) is 11.7 Å². The van der Waals surface area contributed by atoms with E-state index in [1.165, 1.54) is 10.6 Å². The molecule has 2 unspecified atom stereocenters. The van der Waals surface area contributed by atoms with Gasteiger partial charge in [-0.05, 0) is 32.3 Å². The molecule has 1 aliphatic heterocycles. The molecule has 2 aromatic rings. The SMILES string of the molecule is [C-]#[N+]CC(N)C1CCN(c2c(F)cc3c(=O)n(N)c(=O)n(C4CC4)c3c2C)C1. The Balaban J connectivity index is 1.87. The van der Waals surface area contributed by atoms with Crippen molar-refractivity contribution in [1.82, 2.24) is 9.24 Å². The lowest BCUT2D eigenvalue weighted by Gasteiger charge is -2.24. The predicted molar refractivity (Wildman–Crippen MR) is 105 cm³/mol. The Morgan fingerprint density at radius 3 is 2.71 bits per heavy atom. The van der Waals surface area contributed by atoms with Gasteiger partial charge in [0.15, 0.2) is 0 Å². The molecule has 1 saturated heterocycles. The maximum Gasteiger partial charge on any atom is 0.350 e. The molecule has 0 radical (unpaired) electrons. The number of benzene rings is 1. The van der Waals surface area contributed by atoms with Gasteiger partial charge in [-0.2, -0.15) is 4.68 Å². The molecule has 0 bridgehead atoms. The third kappa shape index (κ3) is 2.76. The van der Waals surface area contributed by atoms with Crippen molar-refractivity contribution in [3.05, 3.63) is 49.7 Å². The Labute approximate surface area is 160 Å². The van der Waals surface area contributed by atoms with Crippen molar-refractivity contribution in [3.8, 4) is 0 Å². The molecule has 2 aliphatic rings. The summed E-state index contributed by atoms with van der Waals surface area (Å²) in [7, 11) is 0. The molecule has 0 amide bonds. The molecule has 1 saturated carbocycles. The summed E-state index contributed by atoms with van der Waals surface area (Å²) in [4.78, 5) is 30.4. The van der Waals surface area contributed by atoms with Crippen LogP contribution in [0.25, 0.3) is 15.7 Å². The summed E-state index contributed by atoms with van der Waals surface area (Å²) in [6, 6.07) is 0.926. The highest BCUT2D eigenvalue weighted by Crippen LogP contribution is 2.39. The Kier molecular flexibility index (Phi) is 4.38. The van der Waals surface area contributed by atoms with Crippen LogP contribution in [0.4, 0.5) is 10.1 Å². The lowest BCUT2D eigenvalue weighted by Crippen LogP contribution is -2.44. The molecule has 28 heavy (non-hydrogen) atoms. The molecule has 9 heteroatoms. The van der Waals surface area contributed by atoms with Gasteiger partial charge in [0.25, 0.3) is 5.56 Å². The zero-order valence-corrected chi connectivity index (χ0v) is 15.7. The monoisotopic (exact) mass is 386 g/mol. The predicted octanol–water partition coefficient (Wildman–Crippen LogP) is 0.732. The molecule has 1 aromatic carbocycles. The van der Waals surface area contributed by atoms with Gasteiger partial charge in [0, 0.05) is 30.6 Å². The molecule has 8 nitrogen and oxygen atoms in total. The Hall–Kier alpha value is -2.86. The highest BCUT2D eigenvalue weighted by Gasteiger charge is 2.34. The summed E-state index contributed by atoms with van der Waals surface area (Å²) in [5.41, 5.74) is 6.25. The molecular weight excluding hydrogens is 363 g/mol. The fourth-order valence-corrected chi connectivity index (χ4v) is 4.31. The summed E-state index contributed by atoms with van der Waals surface area (Å²) in [5, 5.41) is 0.119. The van der Waals surface area contributed by atoms with Crippen molar-refractivity contribution in [2.75, 3.05) is 30.4 Å². The Morgan fingerprint density at radius 1 is 1.36 bits per heavy atom. The minimum atomic E-state index is -0.691. The van der Waals surface area contributed by atoms with Gasteiger partial charge < -0.3 is 21.3 Å². The Bertz CT molecular complexity index is 1110. The van der Waals surface area contributed by atoms with E-state index < -0.39 is 17.1 Å². The summed E-state index contributed by atoms with van der Waals surface area (Å²) in [6.07, 6.45) is 2.43. The average molecular weight is 386 g/mol. The second-order valence-corrected chi connectivity index (χ2v) is 7.79. The lowest BCUT2D eigenvalue weighted by molar-refractivity contribution is 0.480. The van der Waals surface area contributed by atoms with E-state index in [2.05, 4.69) is 4.85 Å². The van der Waals surface area contributed by atoms with Gasteiger partial charge in [-0.1, -0.05) is 0 Å². The molecular formula is C19H23FN6O2. The topological polar surface area (TPSA) is 104 Å². The van der Waals surface area contributed by atoms with Gasteiger partial charge in [0.05, 0.1) is 22.6 Å². The molecule has 2 fully saturated rings. The van der Waals surface area contributed by atoms with Gasteiger partial charge in [-0.3, -0.25) is 9.36 Å². The van der Waals surface area contributed by atoms with Crippen LogP contribution in [-0.4, -0.2) is 34.9 Å². The van der Waals surface area contributed by atoms with Crippen molar-refractivity contribution in [3.63, 3.8) is 0 Å². The van der Waals surface area contributed by atoms with Crippen molar-refractivity contribution in [2.45, 2.75) is 38.3 Å². The molecule has 1 aliphatic carbocycles. The van der Waals surface area contributed by atoms with Crippen molar-refractivity contribution in [1.29, 1.82) is 0 Å². The zero-order chi connectivity index (χ0) is 20.2. The second kappa shape index (κ2) is 6.63. The highest BCUT2D eigenvalue weighted by molar-refractivity contribution is 5.87. The minimum absolute atomic E-state index is 0.0131. The first kappa shape index (κ1) is 18.5. The molecule has 4 N–H and O–H groups in total. The van der Waals surface area contributed by atoms with E-state index in [0.717, 1.165) is 19.3 Å². The van der Waals surface area contributed by atoms with Crippen LogP contribution in [-0.2, 0) is 0 Å². The largest absolute Gasteiger partial charge is 0.369 e. The summed E-state index contributed by atoms with van der Waals surface area (Å²) in [5.74, 6) is 5.25. The van der Waals surface area contributed by atoms with Gasteiger partial charge >= 0.3 is 5.69 Å². The van der Waals surface area contributed by atoms with E-state index in [4.69, 9.17) is 18.1 Å². The molecule has 2 atom stereocenters. The average Bonchev–Trinajstić information content (AvgIpc) is 3.38. The van der Waals surface area contributed by atoms with Crippen LogP contribution in [0.1, 0.15) is 30.9 Å². The standard InChI is InChI=1S/C19H23FN6O2/c1-10-16-13(18(27)26(22)19(28)25(16)12-3-4-12)7-14(20)17(10)24-6-5-11(9-24)15(21)8-23-2/h7,11-12,15H,3-6,8-9,21-22H2,1H3. The number of hydrogen-bond donors (Lipinski definition) is 2. The third-order valence-corrected chi connectivity index (χ3v) is 5.93. The van der Waals surface area contributed by atoms with Gasteiger partial charge in [-0.25, -0.2) is 15.8 Å². The maximum absolute atomic E-state index is 15.1. The highest BCUT2D eigenvalue weighted by atomic mass is 19.1. The van der Waals surface area contributed by atoms with Crippen LogP contribution in [0.2, 0.25) is 0 Å².